The van der Waals surface area contributed by atoms with Gasteiger partial charge in [-0.15, -0.1) is 0 Å². The summed E-state index contributed by atoms with van der Waals surface area (Å²) in [5.41, 5.74) is 1.05. The molecule has 1 aliphatic heterocycles. The molecule has 0 aliphatic carbocycles. The van der Waals surface area contributed by atoms with Crippen molar-refractivity contribution >= 4 is 5.69 Å². The molecule has 1 aromatic carbocycles. The van der Waals surface area contributed by atoms with Crippen molar-refractivity contribution in [3.8, 4) is 5.75 Å². The van der Waals surface area contributed by atoms with Crippen LogP contribution in [0.4, 0.5) is 5.69 Å². The van der Waals surface area contributed by atoms with Gasteiger partial charge in [0, 0.05) is 12.6 Å². The molecule has 1 radical (unpaired) electrons. The second-order valence-corrected chi connectivity index (χ2v) is 2.19. The zero-order valence-electron chi connectivity index (χ0n) is 5.55. The Morgan fingerprint density at radius 1 is 1.60 bits per heavy atom. The fraction of sp³-hybridized carbons (Fsp3) is 0.250. The van der Waals surface area contributed by atoms with Gasteiger partial charge in [-0.05, 0) is 6.07 Å². The third-order valence-corrected chi connectivity index (χ3v) is 1.48. The third kappa shape index (κ3) is 0.817. The van der Waals surface area contributed by atoms with Crippen LogP contribution in [0.2, 0.25) is 0 Å². The molecule has 10 heavy (non-hydrogen) atoms. The summed E-state index contributed by atoms with van der Waals surface area (Å²) in [5.74, 6) is 0.841. The Labute approximate surface area is 59.8 Å². The Morgan fingerprint density at radius 3 is 3.50 bits per heavy atom. The summed E-state index contributed by atoms with van der Waals surface area (Å²) in [4.78, 5) is 0. The van der Waals surface area contributed by atoms with Gasteiger partial charge in [0.25, 0.3) is 0 Å². The van der Waals surface area contributed by atoms with Crippen LogP contribution in [0.3, 0.4) is 0 Å². The Balaban J connectivity index is 2.41. The predicted molar refractivity (Wildman–Crippen MR) is 39.3 cm³/mol. The number of hydrogen-bond acceptors (Lipinski definition) is 2. The van der Waals surface area contributed by atoms with Crippen molar-refractivity contribution in [2.24, 2.45) is 0 Å². The van der Waals surface area contributed by atoms with Gasteiger partial charge in [0.2, 0.25) is 0 Å². The van der Waals surface area contributed by atoms with Crippen LogP contribution in [0.25, 0.3) is 0 Å². The van der Waals surface area contributed by atoms with Crippen molar-refractivity contribution in [1.82, 2.24) is 0 Å². The highest BCUT2D eigenvalue weighted by atomic mass is 16.5. The molecule has 1 aliphatic rings. The number of anilines is 1. The van der Waals surface area contributed by atoms with E-state index in [4.69, 9.17) is 4.74 Å². The zero-order valence-corrected chi connectivity index (χ0v) is 5.55. The van der Waals surface area contributed by atoms with Crippen molar-refractivity contribution in [1.29, 1.82) is 0 Å². The van der Waals surface area contributed by atoms with Crippen molar-refractivity contribution in [3.63, 3.8) is 0 Å². The lowest BCUT2D eigenvalue weighted by atomic mass is 10.3. The highest BCUT2D eigenvalue weighted by Gasteiger charge is 2.06. The van der Waals surface area contributed by atoms with E-state index in [0.717, 1.165) is 24.6 Å². The summed E-state index contributed by atoms with van der Waals surface area (Å²) in [7, 11) is 0. The van der Waals surface area contributed by atoms with Gasteiger partial charge >= 0.3 is 0 Å². The van der Waals surface area contributed by atoms with Crippen LogP contribution in [0.1, 0.15) is 0 Å². The van der Waals surface area contributed by atoms with E-state index in [1.54, 1.807) is 0 Å². The van der Waals surface area contributed by atoms with E-state index in [1.165, 1.54) is 0 Å². The topological polar surface area (TPSA) is 21.3 Å². The fourth-order valence-corrected chi connectivity index (χ4v) is 1.02. The summed E-state index contributed by atoms with van der Waals surface area (Å²) >= 11 is 0. The van der Waals surface area contributed by atoms with E-state index in [9.17, 15) is 0 Å². The molecule has 0 saturated heterocycles. The third-order valence-electron chi connectivity index (χ3n) is 1.48. The first-order chi connectivity index (χ1) is 4.97. The molecule has 0 atom stereocenters. The van der Waals surface area contributed by atoms with Gasteiger partial charge in [-0.25, -0.2) is 0 Å². The van der Waals surface area contributed by atoms with Crippen molar-refractivity contribution < 1.29 is 4.74 Å². The van der Waals surface area contributed by atoms with Gasteiger partial charge in [-0.3, -0.25) is 0 Å². The molecule has 51 valence electrons. The minimum absolute atomic E-state index is 0.744. The SMILES string of the molecule is [c]1cccc2c1OCCN2. The molecule has 0 fully saturated rings. The molecule has 2 nitrogen and oxygen atoms in total. The molecule has 0 amide bonds. The summed E-state index contributed by atoms with van der Waals surface area (Å²) < 4.78 is 5.31. The molecule has 2 heteroatoms. The first kappa shape index (κ1) is 5.59. The van der Waals surface area contributed by atoms with Crippen LogP contribution in [0.15, 0.2) is 18.2 Å². The average Bonchev–Trinajstić information content (AvgIpc) is 2.05. The molecule has 1 aromatic rings. The number of hydrogen-bond donors (Lipinski definition) is 1. The molecular weight excluding hydrogens is 126 g/mol. The van der Waals surface area contributed by atoms with Crippen LogP contribution in [-0.4, -0.2) is 13.2 Å². The van der Waals surface area contributed by atoms with Gasteiger partial charge in [0.15, 0.2) is 0 Å². The van der Waals surface area contributed by atoms with E-state index in [1.807, 2.05) is 18.2 Å². The van der Waals surface area contributed by atoms with Crippen LogP contribution >= 0.6 is 0 Å². The van der Waals surface area contributed by atoms with Crippen molar-refractivity contribution in [3.05, 3.63) is 24.3 Å². The molecule has 0 bridgehead atoms. The lowest BCUT2D eigenvalue weighted by Crippen LogP contribution is -2.17. The monoisotopic (exact) mass is 134 g/mol. The first-order valence-corrected chi connectivity index (χ1v) is 3.34. The van der Waals surface area contributed by atoms with Crippen molar-refractivity contribution in [2.75, 3.05) is 18.5 Å². The summed E-state index contributed by atoms with van der Waals surface area (Å²) in [6, 6.07) is 8.79. The molecular formula is C8H8NO. The minimum Gasteiger partial charge on any atom is -0.489 e. The van der Waals surface area contributed by atoms with E-state index < -0.39 is 0 Å². The summed E-state index contributed by atoms with van der Waals surface area (Å²) in [6.07, 6.45) is 0. The van der Waals surface area contributed by atoms with Crippen molar-refractivity contribution in [2.45, 2.75) is 0 Å². The Kier molecular flexibility index (Phi) is 1.24. The quantitative estimate of drug-likeness (QED) is 0.577. The number of benzene rings is 1. The van der Waals surface area contributed by atoms with E-state index in [2.05, 4.69) is 11.4 Å². The lowest BCUT2D eigenvalue weighted by molar-refractivity contribution is 0.322. The Hall–Kier alpha value is -1.18. The Bertz CT molecular complexity index is 209. The zero-order chi connectivity index (χ0) is 6.81. The van der Waals surface area contributed by atoms with Crippen LogP contribution in [0, 0.1) is 6.07 Å². The Morgan fingerprint density at radius 2 is 2.60 bits per heavy atom. The van der Waals surface area contributed by atoms with Gasteiger partial charge in [-0.1, -0.05) is 12.1 Å². The molecule has 0 saturated carbocycles. The maximum absolute atomic E-state index is 5.31. The normalized spacial score (nSPS) is 14.8. The fourth-order valence-electron chi connectivity index (χ4n) is 1.02. The second-order valence-electron chi connectivity index (χ2n) is 2.19. The molecule has 2 rings (SSSR count). The number of ether oxygens (including phenoxy) is 1. The van der Waals surface area contributed by atoms with E-state index >= 15 is 0 Å². The van der Waals surface area contributed by atoms with Crippen LogP contribution in [-0.2, 0) is 0 Å². The second kappa shape index (κ2) is 2.21. The first-order valence-electron chi connectivity index (χ1n) is 3.34. The molecule has 1 N–H and O–H groups in total. The summed E-state index contributed by atoms with van der Waals surface area (Å²) in [6.45, 7) is 1.64. The predicted octanol–water partition coefficient (Wildman–Crippen LogP) is 1.29. The molecule has 0 spiro atoms. The minimum atomic E-state index is 0.744. The number of rotatable bonds is 0. The lowest BCUT2D eigenvalue weighted by Gasteiger charge is -2.17. The highest BCUT2D eigenvalue weighted by Crippen LogP contribution is 2.24. The number of para-hydroxylation sites is 1. The molecule has 0 aromatic heterocycles. The number of nitrogens with one attached hydrogen (secondary N) is 1. The van der Waals surface area contributed by atoms with Gasteiger partial charge < -0.3 is 10.1 Å². The van der Waals surface area contributed by atoms with Gasteiger partial charge in [0.1, 0.15) is 12.4 Å². The van der Waals surface area contributed by atoms with Gasteiger partial charge in [-0.2, -0.15) is 0 Å². The van der Waals surface area contributed by atoms with Gasteiger partial charge in [0.05, 0.1) is 5.69 Å². The standard InChI is InChI=1S/C8H8NO/c1-2-4-8-7(3-1)9-5-6-10-8/h1-3,9H,5-6H2. The molecule has 1 heterocycles. The molecule has 0 unspecified atom stereocenters. The number of fused-ring (bicyclic) bond motifs is 1. The largest absolute Gasteiger partial charge is 0.489 e. The maximum atomic E-state index is 5.31. The summed E-state index contributed by atoms with van der Waals surface area (Å²) in [5, 5.41) is 3.21. The van der Waals surface area contributed by atoms with Crippen LogP contribution in [0.5, 0.6) is 5.75 Å². The van der Waals surface area contributed by atoms with E-state index in [0.29, 0.717) is 0 Å². The van der Waals surface area contributed by atoms with Crippen LogP contribution < -0.4 is 10.1 Å². The maximum Gasteiger partial charge on any atom is 0.150 e. The smallest absolute Gasteiger partial charge is 0.150 e. The average molecular weight is 134 g/mol. The highest BCUT2D eigenvalue weighted by molar-refractivity contribution is 5.56. The van der Waals surface area contributed by atoms with E-state index in [-0.39, 0.29) is 0 Å².